The summed E-state index contributed by atoms with van der Waals surface area (Å²) >= 11 is 6.41. The molecule has 0 atom stereocenters. The number of aromatic nitrogens is 7. The van der Waals surface area contributed by atoms with Crippen LogP contribution in [-0.2, 0) is 9.47 Å². The zero-order valence-electron chi connectivity index (χ0n) is 42.5. The number of pyridine rings is 7. The first-order valence-electron chi connectivity index (χ1n) is 24.7. The number of fused-ring (bicyclic) bond motifs is 2. The standard InChI is InChI=1S/C30H26F2N6O2.C24H20ClF2N5O.C3H8/c1-18-28(23-5-3-4-7-33-23)36-24-15-20(31)14-22(32)27(24)29(18)37-25-16-21(38-9-11-40-12-10-38)17-35-30(25)19-6-8-34-26(13-19)39-2;1-14-22(18-4-2-3-5-28-18)30-19-11-15(26)10-17(27)21(19)23(14)31-20-12-16(13-29-24(20)25)32-6-8-33-9-7-32;1-3-2/h3-8,13-17H,9-12H2,1-2H3,(H,36,37);2-5,10-13H,6-9H2,1H3,(H,30,31);3H2,1-2H3. The fourth-order valence-electron chi connectivity index (χ4n) is 8.86. The lowest BCUT2D eigenvalue weighted by molar-refractivity contribution is 0.122. The summed E-state index contributed by atoms with van der Waals surface area (Å²) in [5.41, 5.74) is 9.04. The first-order chi connectivity index (χ1) is 36.9. The summed E-state index contributed by atoms with van der Waals surface area (Å²) in [6.45, 7) is 13.3. The summed E-state index contributed by atoms with van der Waals surface area (Å²) in [7, 11) is 1.55. The lowest BCUT2D eigenvalue weighted by atomic mass is 10.0. The van der Waals surface area contributed by atoms with Crippen molar-refractivity contribution in [2.24, 2.45) is 0 Å². The summed E-state index contributed by atoms with van der Waals surface area (Å²) in [4.78, 5) is 35.6. The molecule has 76 heavy (non-hydrogen) atoms. The molecule has 9 heterocycles. The number of nitrogens with zero attached hydrogens (tertiary/aromatic N) is 9. The minimum atomic E-state index is -0.718. The fraction of sp³-hybridized carbons (Fsp3) is 0.246. The van der Waals surface area contributed by atoms with E-state index in [-0.39, 0.29) is 27.0 Å². The number of hydrogen-bond acceptors (Lipinski definition) is 14. The van der Waals surface area contributed by atoms with Crippen molar-refractivity contribution in [3.05, 3.63) is 155 Å². The molecular weight excluding hydrogens is 998 g/mol. The molecule has 2 aromatic carbocycles. The van der Waals surface area contributed by atoms with Gasteiger partial charge in [-0.3, -0.25) is 15.0 Å². The Morgan fingerprint density at radius 3 is 1.55 bits per heavy atom. The van der Waals surface area contributed by atoms with Crippen LogP contribution in [0.5, 0.6) is 5.88 Å². The van der Waals surface area contributed by atoms with Crippen molar-refractivity contribution in [3.8, 4) is 39.9 Å². The minimum absolute atomic E-state index is 0.168. The number of ether oxygens (including phenoxy) is 3. The molecule has 0 spiro atoms. The first-order valence-corrected chi connectivity index (χ1v) is 25.1. The lowest BCUT2D eigenvalue weighted by Crippen LogP contribution is -2.36. The van der Waals surface area contributed by atoms with Gasteiger partial charge in [0.05, 0.1) is 130 Å². The summed E-state index contributed by atoms with van der Waals surface area (Å²) < 4.78 is 75.1. The highest BCUT2D eigenvalue weighted by Crippen LogP contribution is 2.41. The second kappa shape index (κ2) is 24.1. The van der Waals surface area contributed by atoms with Crippen LogP contribution in [0.3, 0.4) is 0 Å². The molecule has 19 heteroatoms. The molecule has 0 bridgehead atoms. The van der Waals surface area contributed by atoms with E-state index in [0.717, 1.165) is 55.2 Å². The zero-order valence-corrected chi connectivity index (χ0v) is 43.2. The number of benzene rings is 2. The van der Waals surface area contributed by atoms with Gasteiger partial charge in [0.15, 0.2) is 5.15 Å². The number of nitrogens with one attached hydrogen (secondary N) is 2. The molecule has 0 amide bonds. The molecular formula is C57H54ClF4N11O3. The van der Waals surface area contributed by atoms with E-state index in [1.54, 1.807) is 56.2 Å². The van der Waals surface area contributed by atoms with E-state index in [1.807, 2.05) is 56.4 Å². The first kappa shape index (κ1) is 52.8. The predicted molar refractivity (Wildman–Crippen MR) is 291 cm³/mol. The number of methoxy groups -OCH3 is 1. The minimum Gasteiger partial charge on any atom is -0.481 e. The molecule has 2 aliphatic rings. The van der Waals surface area contributed by atoms with E-state index in [9.17, 15) is 13.2 Å². The largest absolute Gasteiger partial charge is 0.481 e. The number of rotatable bonds is 10. The summed E-state index contributed by atoms with van der Waals surface area (Å²) in [6.07, 6.45) is 9.71. The normalized spacial score (nSPS) is 13.4. The third kappa shape index (κ3) is 11.7. The molecule has 2 N–H and O–H groups in total. The molecule has 2 fully saturated rings. The summed E-state index contributed by atoms with van der Waals surface area (Å²) in [5, 5.41) is 7.29. The quantitative estimate of drug-likeness (QED) is 0.0988. The summed E-state index contributed by atoms with van der Waals surface area (Å²) in [5.74, 6) is -2.41. The molecule has 2 saturated heterocycles. The zero-order chi connectivity index (χ0) is 53.3. The van der Waals surface area contributed by atoms with Gasteiger partial charge in [0.1, 0.15) is 23.3 Å². The molecule has 0 saturated carbocycles. The van der Waals surface area contributed by atoms with Crippen LogP contribution in [0.1, 0.15) is 31.4 Å². The van der Waals surface area contributed by atoms with Crippen molar-refractivity contribution in [1.82, 2.24) is 34.9 Å². The Morgan fingerprint density at radius 2 is 1.07 bits per heavy atom. The Bertz CT molecular complexity index is 3500. The van der Waals surface area contributed by atoms with Crippen molar-refractivity contribution in [2.75, 3.05) is 80.1 Å². The van der Waals surface area contributed by atoms with Crippen LogP contribution in [0.2, 0.25) is 5.15 Å². The van der Waals surface area contributed by atoms with E-state index in [2.05, 4.69) is 64.2 Å². The molecule has 9 aromatic rings. The number of anilines is 6. The molecule has 7 aromatic heterocycles. The third-order valence-electron chi connectivity index (χ3n) is 12.5. The van der Waals surface area contributed by atoms with Gasteiger partial charge in [-0.05, 0) is 56.3 Å². The second-order valence-corrected chi connectivity index (χ2v) is 18.1. The Balaban J connectivity index is 0.000000180. The molecule has 0 unspecified atom stereocenters. The predicted octanol–water partition coefficient (Wildman–Crippen LogP) is 12.9. The van der Waals surface area contributed by atoms with Gasteiger partial charge in [0, 0.05) is 91.8 Å². The average molecular weight is 1050 g/mol. The van der Waals surface area contributed by atoms with E-state index in [1.165, 1.54) is 18.6 Å². The Hall–Kier alpha value is -8.06. The van der Waals surface area contributed by atoms with Gasteiger partial charge >= 0.3 is 0 Å². The second-order valence-electron chi connectivity index (χ2n) is 17.8. The maximum Gasteiger partial charge on any atom is 0.213 e. The number of hydrogen-bond donors (Lipinski definition) is 2. The van der Waals surface area contributed by atoms with Crippen LogP contribution < -0.4 is 25.2 Å². The Labute approximate surface area is 442 Å². The van der Waals surface area contributed by atoms with Gasteiger partial charge in [-0.1, -0.05) is 44.0 Å². The van der Waals surface area contributed by atoms with E-state index in [0.29, 0.717) is 94.7 Å². The van der Waals surface area contributed by atoms with Crippen LogP contribution in [0.25, 0.3) is 55.8 Å². The fourth-order valence-corrected chi connectivity index (χ4v) is 9.01. The monoisotopic (exact) mass is 1050 g/mol. The highest BCUT2D eigenvalue weighted by atomic mass is 35.5. The van der Waals surface area contributed by atoms with E-state index < -0.39 is 23.3 Å². The summed E-state index contributed by atoms with van der Waals surface area (Å²) in [6, 6.07) is 22.5. The van der Waals surface area contributed by atoms with Crippen LogP contribution >= 0.6 is 11.6 Å². The van der Waals surface area contributed by atoms with Gasteiger partial charge in [-0.2, -0.15) is 0 Å². The maximum atomic E-state index is 15.4. The van der Waals surface area contributed by atoms with Crippen molar-refractivity contribution >= 4 is 67.5 Å². The SMILES string of the molecule is CCC.COc1cc(-c2ncc(N3CCOCC3)cc2Nc2c(C)c(-c3ccccn3)nc3cc(F)cc(F)c23)ccn1.Cc1c(-c2ccccn2)nc2cc(F)cc(F)c2c1Nc1cc(N2CCOCC2)cnc1Cl. The van der Waals surface area contributed by atoms with Gasteiger partial charge in [0.2, 0.25) is 5.88 Å². The number of morpholine rings is 2. The van der Waals surface area contributed by atoms with E-state index >= 15 is 4.39 Å². The van der Waals surface area contributed by atoms with Crippen LogP contribution in [0, 0.1) is 37.1 Å². The Morgan fingerprint density at radius 1 is 0.579 bits per heavy atom. The van der Waals surface area contributed by atoms with Gasteiger partial charge in [0.25, 0.3) is 0 Å². The molecule has 0 aliphatic carbocycles. The topological polar surface area (TPSA) is 148 Å². The van der Waals surface area contributed by atoms with Crippen LogP contribution in [-0.4, -0.2) is 94.6 Å². The van der Waals surface area contributed by atoms with E-state index in [4.69, 9.17) is 30.8 Å². The van der Waals surface area contributed by atoms with Gasteiger partial charge in [-0.15, -0.1) is 0 Å². The highest BCUT2D eigenvalue weighted by molar-refractivity contribution is 6.32. The smallest absolute Gasteiger partial charge is 0.213 e. The molecule has 0 radical (unpaired) electrons. The molecule has 11 rings (SSSR count). The molecule has 14 nitrogen and oxygen atoms in total. The van der Waals surface area contributed by atoms with Crippen molar-refractivity contribution in [1.29, 1.82) is 0 Å². The Kier molecular flexibility index (Phi) is 16.7. The third-order valence-corrected chi connectivity index (χ3v) is 12.8. The van der Waals surface area contributed by atoms with Crippen molar-refractivity contribution in [2.45, 2.75) is 34.1 Å². The van der Waals surface area contributed by atoms with Crippen molar-refractivity contribution in [3.63, 3.8) is 0 Å². The van der Waals surface area contributed by atoms with Crippen LogP contribution in [0.4, 0.5) is 51.7 Å². The molecule has 2 aliphatic heterocycles. The lowest BCUT2D eigenvalue weighted by Gasteiger charge is -2.29. The molecule has 390 valence electrons. The average Bonchev–Trinajstić information content (AvgIpc) is 3.47. The van der Waals surface area contributed by atoms with Gasteiger partial charge < -0.3 is 34.6 Å². The van der Waals surface area contributed by atoms with Crippen LogP contribution in [0.15, 0.2) is 116 Å². The highest BCUT2D eigenvalue weighted by Gasteiger charge is 2.24. The van der Waals surface area contributed by atoms with Crippen molar-refractivity contribution < 1.29 is 31.8 Å². The maximum absolute atomic E-state index is 15.4. The number of halogens is 5. The van der Waals surface area contributed by atoms with Gasteiger partial charge in [-0.25, -0.2) is 37.5 Å².